The van der Waals surface area contributed by atoms with Crippen LogP contribution in [0.4, 0.5) is 5.69 Å². The lowest BCUT2D eigenvalue weighted by Crippen LogP contribution is -2.26. The second-order valence-electron chi connectivity index (χ2n) is 3.86. The Bertz CT molecular complexity index is 599. The van der Waals surface area contributed by atoms with Gasteiger partial charge in [-0.1, -0.05) is 11.6 Å². The van der Waals surface area contributed by atoms with Crippen molar-refractivity contribution in [1.29, 1.82) is 0 Å². The zero-order valence-corrected chi connectivity index (χ0v) is 11.8. The Morgan fingerprint density at radius 3 is 3.05 bits per heavy atom. The number of thiazole rings is 1. The van der Waals surface area contributed by atoms with Gasteiger partial charge >= 0.3 is 0 Å². The van der Waals surface area contributed by atoms with Crippen LogP contribution in [-0.2, 0) is 6.54 Å². The van der Waals surface area contributed by atoms with Crippen LogP contribution >= 0.6 is 22.9 Å². The lowest BCUT2D eigenvalue weighted by molar-refractivity contribution is 0.266. The van der Waals surface area contributed by atoms with Crippen LogP contribution in [0.1, 0.15) is 18.0 Å². The Balaban J connectivity index is 2.22. The van der Waals surface area contributed by atoms with Crippen molar-refractivity contribution < 1.29 is 5.11 Å². The number of aliphatic hydroxyl groups excluding tert-OH is 1. The quantitative estimate of drug-likeness (QED) is 0.875. The first-order chi connectivity index (χ1) is 9.13. The van der Waals surface area contributed by atoms with E-state index in [1.807, 2.05) is 12.3 Å². The summed E-state index contributed by atoms with van der Waals surface area (Å²) in [6.07, 6.45) is 3.20. The van der Waals surface area contributed by atoms with Gasteiger partial charge in [0.25, 0.3) is 5.56 Å². The molecular weight excluding hydrogens is 288 g/mol. The van der Waals surface area contributed by atoms with Gasteiger partial charge in [-0.25, -0.2) is 9.67 Å². The predicted octanol–water partition coefficient (Wildman–Crippen LogP) is 1.52. The van der Waals surface area contributed by atoms with Crippen molar-refractivity contribution in [3.8, 4) is 0 Å². The summed E-state index contributed by atoms with van der Waals surface area (Å²) in [6, 6.07) is -0.0626. The first-order valence-electron chi connectivity index (χ1n) is 5.66. The summed E-state index contributed by atoms with van der Waals surface area (Å²) in [5.41, 5.74) is 0.0376. The maximum atomic E-state index is 11.9. The van der Waals surface area contributed by atoms with Crippen molar-refractivity contribution in [3.05, 3.63) is 38.2 Å². The molecule has 0 amide bonds. The molecule has 0 spiro atoms. The first kappa shape index (κ1) is 14.0. The minimum atomic E-state index is -0.424. The van der Waals surface area contributed by atoms with Crippen LogP contribution < -0.4 is 10.9 Å². The molecule has 0 aromatic carbocycles. The fourth-order valence-corrected chi connectivity index (χ4v) is 2.41. The van der Waals surface area contributed by atoms with Crippen LogP contribution in [0, 0.1) is 0 Å². The number of aromatic nitrogens is 3. The maximum Gasteiger partial charge on any atom is 0.287 e. The number of hydrogen-bond donors (Lipinski definition) is 2. The zero-order valence-electron chi connectivity index (χ0n) is 10.2. The molecule has 1 unspecified atom stereocenters. The number of rotatable bonds is 5. The van der Waals surface area contributed by atoms with E-state index in [0.717, 1.165) is 9.69 Å². The minimum Gasteiger partial charge on any atom is -0.394 e. The molecule has 2 aromatic heterocycles. The van der Waals surface area contributed by atoms with E-state index in [9.17, 15) is 4.79 Å². The second-order valence-corrected chi connectivity index (χ2v) is 5.16. The molecule has 8 heteroatoms. The van der Waals surface area contributed by atoms with Gasteiger partial charge in [0.15, 0.2) is 0 Å². The monoisotopic (exact) mass is 300 g/mol. The van der Waals surface area contributed by atoms with Crippen LogP contribution in [-0.4, -0.2) is 26.5 Å². The molecule has 0 fully saturated rings. The van der Waals surface area contributed by atoms with Gasteiger partial charge in [-0.15, -0.1) is 11.3 Å². The van der Waals surface area contributed by atoms with Crippen molar-refractivity contribution in [2.45, 2.75) is 19.5 Å². The molecule has 2 N–H and O–H groups in total. The van der Waals surface area contributed by atoms with Crippen LogP contribution in [0.3, 0.4) is 0 Å². The Morgan fingerprint density at radius 1 is 1.63 bits per heavy atom. The molecule has 0 saturated heterocycles. The summed E-state index contributed by atoms with van der Waals surface area (Å²) < 4.78 is 1.13. The van der Waals surface area contributed by atoms with E-state index in [1.165, 1.54) is 17.5 Å². The highest BCUT2D eigenvalue weighted by atomic mass is 35.5. The van der Waals surface area contributed by atoms with Crippen LogP contribution in [0.5, 0.6) is 0 Å². The third-order valence-electron chi connectivity index (χ3n) is 2.49. The number of nitrogens with zero attached hydrogens (tertiary/aromatic N) is 3. The van der Waals surface area contributed by atoms with E-state index in [1.54, 1.807) is 6.20 Å². The average molecular weight is 301 g/mol. The van der Waals surface area contributed by atoms with Crippen molar-refractivity contribution in [2.75, 3.05) is 11.9 Å². The number of hydrogen-bond acceptors (Lipinski definition) is 6. The van der Waals surface area contributed by atoms with Gasteiger partial charge in [-0.05, 0) is 6.92 Å². The topological polar surface area (TPSA) is 80.0 Å². The molecule has 0 aliphatic carbocycles. The summed E-state index contributed by atoms with van der Waals surface area (Å²) >= 11 is 7.52. The molecule has 19 heavy (non-hydrogen) atoms. The van der Waals surface area contributed by atoms with Gasteiger partial charge in [0.05, 0.1) is 31.1 Å². The Morgan fingerprint density at radius 2 is 2.42 bits per heavy atom. The number of anilines is 1. The van der Waals surface area contributed by atoms with Crippen LogP contribution in [0.2, 0.25) is 5.02 Å². The van der Waals surface area contributed by atoms with Crippen molar-refractivity contribution >= 4 is 28.6 Å². The molecule has 0 radical (unpaired) electrons. The van der Waals surface area contributed by atoms with Crippen LogP contribution in [0.15, 0.2) is 22.6 Å². The molecule has 0 saturated carbocycles. The Hall–Kier alpha value is -1.44. The Kier molecular flexibility index (Phi) is 4.52. The van der Waals surface area contributed by atoms with Gasteiger partial charge in [0.2, 0.25) is 0 Å². The molecule has 2 heterocycles. The SMILES string of the molecule is CC(Nc1cnn(CCO)c(=O)c1Cl)c1nccs1. The molecule has 102 valence electrons. The smallest absolute Gasteiger partial charge is 0.287 e. The normalized spacial score (nSPS) is 12.4. The maximum absolute atomic E-state index is 11.9. The summed E-state index contributed by atoms with van der Waals surface area (Å²) in [5.74, 6) is 0. The third kappa shape index (κ3) is 3.12. The van der Waals surface area contributed by atoms with E-state index in [0.29, 0.717) is 5.69 Å². The van der Waals surface area contributed by atoms with E-state index in [2.05, 4.69) is 15.4 Å². The number of halogens is 1. The minimum absolute atomic E-state index is 0.0619. The van der Waals surface area contributed by atoms with E-state index in [-0.39, 0.29) is 24.2 Å². The third-order valence-corrected chi connectivity index (χ3v) is 3.81. The molecule has 1 atom stereocenters. The summed E-state index contributed by atoms with van der Waals surface area (Å²) in [4.78, 5) is 16.0. The predicted molar refractivity (Wildman–Crippen MR) is 74.7 cm³/mol. The van der Waals surface area contributed by atoms with Gasteiger partial charge in [-0.3, -0.25) is 4.79 Å². The molecular formula is C11H13ClN4O2S. The average Bonchev–Trinajstić information content (AvgIpc) is 2.92. The standard InChI is InChI=1S/C11H13ClN4O2S/c1-7(10-13-2-5-19-10)15-8-6-14-16(3-4-17)11(18)9(8)12/h2,5-7,15,17H,3-4H2,1H3. The van der Waals surface area contributed by atoms with Gasteiger partial charge in [0.1, 0.15) is 10.0 Å². The molecule has 2 aromatic rings. The summed E-state index contributed by atoms with van der Waals surface area (Å²) in [7, 11) is 0. The highest BCUT2D eigenvalue weighted by Gasteiger charge is 2.13. The van der Waals surface area contributed by atoms with Gasteiger partial charge < -0.3 is 10.4 Å². The second kappa shape index (κ2) is 6.14. The lowest BCUT2D eigenvalue weighted by Gasteiger charge is -2.14. The first-order valence-corrected chi connectivity index (χ1v) is 6.91. The zero-order chi connectivity index (χ0) is 13.8. The Labute approximate surface area is 118 Å². The fraction of sp³-hybridized carbons (Fsp3) is 0.364. The largest absolute Gasteiger partial charge is 0.394 e. The number of nitrogens with one attached hydrogen (secondary N) is 1. The highest BCUT2D eigenvalue weighted by molar-refractivity contribution is 7.09. The van der Waals surface area contributed by atoms with Gasteiger partial charge in [-0.2, -0.15) is 5.10 Å². The van der Waals surface area contributed by atoms with Crippen LogP contribution in [0.25, 0.3) is 0 Å². The lowest BCUT2D eigenvalue weighted by atomic mass is 10.3. The molecule has 0 bridgehead atoms. The molecule has 2 rings (SSSR count). The van der Waals surface area contributed by atoms with E-state index in [4.69, 9.17) is 16.7 Å². The molecule has 0 aliphatic heterocycles. The number of aliphatic hydroxyl groups is 1. The molecule has 6 nitrogen and oxygen atoms in total. The van der Waals surface area contributed by atoms with E-state index >= 15 is 0 Å². The van der Waals surface area contributed by atoms with E-state index < -0.39 is 5.56 Å². The molecule has 0 aliphatic rings. The van der Waals surface area contributed by atoms with Crippen molar-refractivity contribution in [2.24, 2.45) is 0 Å². The summed E-state index contributed by atoms with van der Waals surface area (Å²) in [5, 5.41) is 18.7. The van der Waals surface area contributed by atoms with Crippen molar-refractivity contribution in [1.82, 2.24) is 14.8 Å². The summed E-state index contributed by atoms with van der Waals surface area (Å²) in [6.45, 7) is 1.89. The van der Waals surface area contributed by atoms with Crippen molar-refractivity contribution in [3.63, 3.8) is 0 Å². The fourth-order valence-electron chi connectivity index (χ4n) is 1.56. The van der Waals surface area contributed by atoms with Gasteiger partial charge in [0, 0.05) is 11.6 Å². The highest BCUT2D eigenvalue weighted by Crippen LogP contribution is 2.23.